The van der Waals surface area contributed by atoms with Crippen molar-refractivity contribution in [2.45, 2.75) is 51.6 Å². The van der Waals surface area contributed by atoms with E-state index < -0.39 is 10.0 Å². The fourth-order valence-electron chi connectivity index (χ4n) is 4.25. The molecule has 0 bridgehead atoms. The van der Waals surface area contributed by atoms with E-state index in [-0.39, 0.29) is 18.5 Å². The second-order valence-corrected chi connectivity index (χ2v) is 10.0. The third-order valence-electron chi connectivity index (χ3n) is 5.74. The number of likely N-dealkylation sites (tertiary alicyclic amines) is 2. The Bertz CT molecular complexity index is 757. The minimum absolute atomic E-state index is 0.00252. The first-order valence-electron chi connectivity index (χ1n) is 10.3. The van der Waals surface area contributed by atoms with Crippen LogP contribution in [0.25, 0.3) is 0 Å². The Morgan fingerprint density at radius 1 is 1.21 bits per heavy atom. The molecule has 0 saturated carbocycles. The number of rotatable bonds is 7. The summed E-state index contributed by atoms with van der Waals surface area (Å²) in [6, 6.07) is 1.73. The summed E-state index contributed by atoms with van der Waals surface area (Å²) < 4.78 is 28.2. The lowest BCUT2D eigenvalue weighted by Gasteiger charge is -2.39. The molecule has 0 aliphatic carbocycles. The van der Waals surface area contributed by atoms with Crippen LogP contribution in [0.4, 0.5) is 0 Å². The average Bonchev–Trinajstić information content (AvgIpc) is 3.06. The predicted molar refractivity (Wildman–Crippen MR) is 108 cm³/mol. The summed E-state index contributed by atoms with van der Waals surface area (Å²) in [6.07, 6.45) is 8.37. The van der Waals surface area contributed by atoms with Crippen molar-refractivity contribution in [2.24, 2.45) is 0 Å². The zero-order valence-corrected chi connectivity index (χ0v) is 17.9. The van der Waals surface area contributed by atoms with E-state index in [2.05, 4.69) is 10.00 Å². The van der Waals surface area contributed by atoms with Crippen molar-refractivity contribution in [1.29, 1.82) is 0 Å². The van der Waals surface area contributed by atoms with Crippen LogP contribution in [0.15, 0.2) is 12.3 Å². The van der Waals surface area contributed by atoms with Gasteiger partial charge in [0.1, 0.15) is 6.54 Å². The molecular formula is C19H33N5O3S. The Hall–Kier alpha value is -1.45. The molecule has 0 radical (unpaired) electrons. The van der Waals surface area contributed by atoms with Crippen LogP contribution in [0, 0.1) is 6.92 Å². The molecule has 1 amide bonds. The van der Waals surface area contributed by atoms with Crippen LogP contribution in [-0.2, 0) is 21.4 Å². The van der Waals surface area contributed by atoms with E-state index in [0.717, 1.165) is 38.2 Å². The van der Waals surface area contributed by atoms with Crippen LogP contribution in [0.3, 0.4) is 0 Å². The van der Waals surface area contributed by atoms with Gasteiger partial charge in [0, 0.05) is 38.4 Å². The van der Waals surface area contributed by atoms with Crippen LogP contribution >= 0.6 is 0 Å². The van der Waals surface area contributed by atoms with Gasteiger partial charge in [-0.25, -0.2) is 8.42 Å². The summed E-state index contributed by atoms with van der Waals surface area (Å²) in [6.45, 7) is 6.61. The van der Waals surface area contributed by atoms with Crippen LogP contribution < -0.4 is 0 Å². The van der Waals surface area contributed by atoms with E-state index in [9.17, 15) is 13.2 Å². The Morgan fingerprint density at radius 3 is 2.61 bits per heavy atom. The molecule has 0 spiro atoms. The van der Waals surface area contributed by atoms with Crippen LogP contribution in [0.2, 0.25) is 0 Å². The molecule has 9 heteroatoms. The number of aryl methyl sites for hydroxylation is 1. The average molecular weight is 412 g/mol. The molecule has 2 fully saturated rings. The van der Waals surface area contributed by atoms with E-state index in [1.807, 2.05) is 13.0 Å². The SMILES string of the molecule is Cc1ccn(CC(=O)N2CCCC(N(CCN3CCCCC3)S(C)(=O)=O)C2)n1. The highest BCUT2D eigenvalue weighted by Crippen LogP contribution is 2.19. The number of amides is 1. The lowest BCUT2D eigenvalue weighted by Crippen LogP contribution is -2.53. The topological polar surface area (TPSA) is 78.8 Å². The summed E-state index contributed by atoms with van der Waals surface area (Å²) in [5, 5.41) is 4.28. The van der Waals surface area contributed by atoms with Gasteiger partial charge in [-0.15, -0.1) is 0 Å². The first-order valence-corrected chi connectivity index (χ1v) is 12.1. The number of hydrogen-bond donors (Lipinski definition) is 0. The first kappa shape index (κ1) is 21.3. The van der Waals surface area contributed by atoms with Crippen LogP contribution in [-0.4, -0.2) is 89.8 Å². The molecule has 28 heavy (non-hydrogen) atoms. The van der Waals surface area contributed by atoms with Gasteiger partial charge in [-0.2, -0.15) is 9.40 Å². The smallest absolute Gasteiger partial charge is 0.244 e. The number of aromatic nitrogens is 2. The molecule has 1 atom stereocenters. The van der Waals surface area contributed by atoms with Gasteiger partial charge in [0.05, 0.1) is 11.9 Å². The van der Waals surface area contributed by atoms with Crippen molar-refractivity contribution >= 4 is 15.9 Å². The maximum Gasteiger partial charge on any atom is 0.244 e. The maximum absolute atomic E-state index is 12.7. The van der Waals surface area contributed by atoms with E-state index in [1.54, 1.807) is 20.1 Å². The molecule has 1 unspecified atom stereocenters. The summed E-state index contributed by atoms with van der Waals surface area (Å²) in [7, 11) is -3.32. The number of piperidine rings is 2. The van der Waals surface area contributed by atoms with Crippen LogP contribution in [0.5, 0.6) is 0 Å². The summed E-state index contributed by atoms with van der Waals surface area (Å²) in [5.74, 6) is -0.00252. The van der Waals surface area contributed by atoms with E-state index in [0.29, 0.717) is 19.6 Å². The molecule has 2 aliphatic rings. The van der Waals surface area contributed by atoms with Gasteiger partial charge in [0.25, 0.3) is 0 Å². The second-order valence-electron chi connectivity index (χ2n) is 8.07. The summed E-state index contributed by atoms with van der Waals surface area (Å²) in [4.78, 5) is 16.8. The molecule has 0 N–H and O–H groups in total. The molecule has 2 aliphatic heterocycles. The lowest BCUT2D eigenvalue weighted by atomic mass is 10.1. The van der Waals surface area contributed by atoms with Gasteiger partial charge in [-0.05, 0) is 51.8 Å². The number of sulfonamides is 1. The number of carbonyl (C=O) groups is 1. The van der Waals surface area contributed by atoms with E-state index in [4.69, 9.17) is 0 Å². The van der Waals surface area contributed by atoms with E-state index >= 15 is 0 Å². The van der Waals surface area contributed by atoms with Crippen LogP contribution in [0.1, 0.15) is 37.8 Å². The van der Waals surface area contributed by atoms with Crippen molar-refractivity contribution in [2.75, 3.05) is 45.5 Å². The maximum atomic E-state index is 12.7. The minimum atomic E-state index is -3.32. The molecule has 3 heterocycles. The second kappa shape index (κ2) is 9.37. The van der Waals surface area contributed by atoms with Gasteiger partial charge in [-0.3, -0.25) is 9.48 Å². The van der Waals surface area contributed by atoms with Crippen molar-refractivity contribution < 1.29 is 13.2 Å². The zero-order chi connectivity index (χ0) is 20.1. The molecule has 8 nitrogen and oxygen atoms in total. The fraction of sp³-hybridized carbons (Fsp3) is 0.789. The van der Waals surface area contributed by atoms with Crippen molar-refractivity contribution in [1.82, 2.24) is 23.9 Å². The molecule has 0 aromatic carbocycles. The van der Waals surface area contributed by atoms with Crippen molar-refractivity contribution in [3.63, 3.8) is 0 Å². The zero-order valence-electron chi connectivity index (χ0n) is 17.1. The molecule has 1 aromatic heterocycles. The third kappa shape index (κ3) is 5.78. The van der Waals surface area contributed by atoms with Gasteiger partial charge >= 0.3 is 0 Å². The quantitative estimate of drug-likeness (QED) is 0.667. The Balaban J connectivity index is 1.60. The van der Waals surface area contributed by atoms with Gasteiger partial charge in [-0.1, -0.05) is 6.42 Å². The normalized spacial score (nSPS) is 22.0. The minimum Gasteiger partial charge on any atom is -0.339 e. The fourth-order valence-corrected chi connectivity index (χ4v) is 5.38. The third-order valence-corrected chi connectivity index (χ3v) is 7.07. The summed E-state index contributed by atoms with van der Waals surface area (Å²) >= 11 is 0. The molecular weight excluding hydrogens is 378 g/mol. The summed E-state index contributed by atoms with van der Waals surface area (Å²) in [5.41, 5.74) is 0.880. The van der Waals surface area contributed by atoms with Gasteiger partial charge < -0.3 is 9.80 Å². The van der Waals surface area contributed by atoms with Crippen molar-refractivity contribution in [3.05, 3.63) is 18.0 Å². The van der Waals surface area contributed by atoms with E-state index in [1.165, 1.54) is 25.5 Å². The highest BCUT2D eigenvalue weighted by Gasteiger charge is 2.32. The number of nitrogens with zero attached hydrogens (tertiary/aromatic N) is 5. The standard InChI is InChI=1S/C19H33N5O3S/c1-17-8-12-23(20-17)16-19(25)22-11-6-7-18(15-22)24(28(2,26)27)14-13-21-9-4-3-5-10-21/h8,12,18H,3-7,9-11,13-16H2,1-2H3. The highest BCUT2D eigenvalue weighted by atomic mass is 32.2. The molecule has 1 aromatic rings. The van der Waals surface area contributed by atoms with Gasteiger partial charge in [0.15, 0.2) is 0 Å². The Labute approximate surface area is 168 Å². The molecule has 2 saturated heterocycles. The van der Waals surface area contributed by atoms with Crippen molar-refractivity contribution in [3.8, 4) is 0 Å². The Morgan fingerprint density at radius 2 is 1.96 bits per heavy atom. The first-order chi connectivity index (χ1) is 13.3. The molecule has 3 rings (SSSR count). The highest BCUT2D eigenvalue weighted by molar-refractivity contribution is 7.88. The Kier molecular flexibility index (Phi) is 7.11. The number of carbonyl (C=O) groups excluding carboxylic acids is 1. The number of hydrogen-bond acceptors (Lipinski definition) is 5. The monoisotopic (exact) mass is 411 g/mol. The molecule has 158 valence electrons. The largest absolute Gasteiger partial charge is 0.339 e. The van der Waals surface area contributed by atoms with Gasteiger partial charge in [0.2, 0.25) is 15.9 Å². The predicted octanol–water partition coefficient (Wildman–Crippen LogP) is 0.930. The lowest BCUT2D eigenvalue weighted by molar-refractivity contribution is -0.133.